The average Bonchev–Trinajstić information content (AvgIpc) is 3.47. The fourth-order valence-corrected chi connectivity index (χ4v) is 7.27. The summed E-state index contributed by atoms with van der Waals surface area (Å²) in [4.78, 5) is 28.7. The highest BCUT2D eigenvalue weighted by atomic mass is 79.9. The molecule has 0 N–H and O–H groups in total. The number of hydrogen-bond acceptors (Lipinski definition) is 7. The van der Waals surface area contributed by atoms with Crippen LogP contribution < -0.4 is 9.64 Å². The molecule has 0 aliphatic carbocycles. The zero-order valence-electron chi connectivity index (χ0n) is 22.6. The summed E-state index contributed by atoms with van der Waals surface area (Å²) in [5.74, 6) is 0.0249. The molecule has 8 nitrogen and oxygen atoms in total. The van der Waals surface area contributed by atoms with Gasteiger partial charge < -0.3 is 14.4 Å². The number of amides is 1. The van der Waals surface area contributed by atoms with Crippen LogP contribution in [0.2, 0.25) is 5.02 Å². The van der Waals surface area contributed by atoms with Crippen molar-refractivity contribution in [1.29, 1.82) is 0 Å². The normalized spacial score (nSPS) is 27.0. The van der Waals surface area contributed by atoms with Gasteiger partial charge in [0.1, 0.15) is 23.5 Å². The number of hydrogen-bond donors (Lipinski definition) is 0. The Morgan fingerprint density at radius 3 is 2.69 bits per heavy atom. The van der Waals surface area contributed by atoms with Crippen LogP contribution in [0.5, 0.6) is 6.01 Å². The van der Waals surface area contributed by atoms with Crippen molar-refractivity contribution in [2.75, 3.05) is 37.7 Å². The van der Waals surface area contributed by atoms with E-state index in [2.05, 4.69) is 37.3 Å². The van der Waals surface area contributed by atoms with E-state index in [1.807, 2.05) is 25.7 Å². The van der Waals surface area contributed by atoms with Crippen molar-refractivity contribution in [2.24, 2.45) is 0 Å². The number of benzene rings is 1. The molecule has 1 aromatic carbocycles. The zero-order chi connectivity index (χ0) is 27.7. The van der Waals surface area contributed by atoms with E-state index in [1.54, 1.807) is 6.07 Å². The lowest BCUT2D eigenvalue weighted by Crippen LogP contribution is -2.57. The van der Waals surface area contributed by atoms with Crippen LogP contribution in [0, 0.1) is 5.82 Å². The number of halogens is 3. The summed E-state index contributed by atoms with van der Waals surface area (Å²) in [7, 11) is 0. The molecule has 0 saturated carbocycles. The third-order valence-electron chi connectivity index (χ3n) is 8.38. The number of carbonyl (C=O) groups excluding carboxylic acids is 1. The molecule has 4 aliphatic rings. The van der Waals surface area contributed by atoms with Crippen LogP contribution >= 0.6 is 27.5 Å². The lowest BCUT2D eigenvalue weighted by atomic mass is 9.94. The highest BCUT2D eigenvalue weighted by Gasteiger charge is 2.47. The predicted octanol–water partition coefficient (Wildman–Crippen LogP) is 5.95. The van der Waals surface area contributed by atoms with Gasteiger partial charge in [0.15, 0.2) is 5.82 Å². The lowest BCUT2D eigenvalue weighted by Gasteiger charge is -2.42. The molecule has 1 amide bonds. The van der Waals surface area contributed by atoms with Gasteiger partial charge in [-0.15, -0.1) is 0 Å². The van der Waals surface area contributed by atoms with Crippen LogP contribution in [0.1, 0.15) is 52.9 Å². The molecule has 1 aromatic heterocycles. The fraction of sp³-hybridized carbons (Fsp3) is 0.607. The Kier molecular flexibility index (Phi) is 6.74. The van der Waals surface area contributed by atoms with Gasteiger partial charge >= 0.3 is 12.1 Å². The Morgan fingerprint density at radius 1 is 1.28 bits per heavy atom. The molecular formula is C28H34BrClFN5O3. The molecule has 3 atom stereocenters. The Labute approximate surface area is 241 Å². The first-order chi connectivity index (χ1) is 18.4. The van der Waals surface area contributed by atoms with Crippen molar-refractivity contribution in [2.45, 2.75) is 76.1 Å². The topological polar surface area (TPSA) is 71.0 Å². The second-order valence-electron chi connectivity index (χ2n) is 12.4. The zero-order valence-corrected chi connectivity index (χ0v) is 24.9. The fourth-order valence-electron chi connectivity index (χ4n) is 6.78. The minimum Gasteiger partial charge on any atom is -0.461 e. The summed E-state index contributed by atoms with van der Waals surface area (Å²) in [6.45, 7) is 13.3. The van der Waals surface area contributed by atoms with Crippen LogP contribution in [-0.4, -0.2) is 81.9 Å². The van der Waals surface area contributed by atoms with E-state index in [9.17, 15) is 4.79 Å². The van der Waals surface area contributed by atoms with Crippen molar-refractivity contribution in [3.8, 4) is 6.01 Å². The molecule has 4 fully saturated rings. The smallest absolute Gasteiger partial charge is 0.410 e. The molecular weight excluding hydrogens is 589 g/mol. The quantitative estimate of drug-likeness (QED) is 0.309. The first-order valence-electron chi connectivity index (χ1n) is 13.6. The number of aromatic nitrogens is 2. The minimum atomic E-state index is -0.565. The third-order valence-corrected chi connectivity index (χ3v) is 9.68. The van der Waals surface area contributed by atoms with Gasteiger partial charge in [0.2, 0.25) is 0 Å². The summed E-state index contributed by atoms with van der Waals surface area (Å²) < 4.78 is 27.6. The molecule has 2 aromatic rings. The molecule has 0 spiro atoms. The van der Waals surface area contributed by atoms with Crippen LogP contribution in [0.3, 0.4) is 0 Å². The number of fused-ring (bicyclic) bond motifs is 4. The van der Waals surface area contributed by atoms with E-state index in [4.69, 9.17) is 26.1 Å². The lowest BCUT2D eigenvalue weighted by molar-refractivity contribution is 0.0122. The van der Waals surface area contributed by atoms with Crippen molar-refractivity contribution < 1.29 is 18.7 Å². The summed E-state index contributed by atoms with van der Waals surface area (Å²) in [6.07, 6.45) is 4.48. The summed E-state index contributed by atoms with van der Waals surface area (Å²) in [5.41, 5.74) is 0.698. The molecule has 4 aliphatic heterocycles. The van der Waals surface area contributed by atoms with E-state index in [0.717, 1.165) is 45.2 Å². The maximum absolute atomic E-state index is 15.5. The number of carbonyl (C=O) groups is 1. The van der Waals surface area contributed by atoms with E-state index < -0.39 is 11.4 Å². The highest BCUT2D eigenvalue weighted by molar-refractivity contribution is 9.10. The van der Waals surface area contributed by atoms with Gasteiger partial charge in [-0.25, -0.2) is 9.18 Å². The average molecular weight is 623 g/mol. The van der Waals surface area contributed by atoms with Gasteiger partial charge in [-0.3, -0.25) is 9.80 Å². The minimum absolute atomic E-state index is 0.0285. The van der Waals surface area contributed by atoms with E-state index in [-0.39, 0.29) is 44.7 Å². The molecule has 2 bridgehead atoms. The highest BCUT2D eigenvalue weighted by Crippen LogP contribution is 2.42. The number of nitrogens with zero attached hydrogens (tertiary/aromatic N) is 5. The van der Waals surface area contributed by atoms with Crippen LogP contribution in [0.25, 0.3) is 10.9 Å². The van der Waals surface area contributed by atoms with Gasteiger partial charge in [-0.05, 0) is 81.4 Å². The van der Waals surface area contributed by atoms with Gasteiger partial charge in [0.25, 0.3) is 0 Å². The van der Waals surface area contributed by atoms with E-state index >= 15 is 4.39 Å². The van der Waals surface area contributed by atoms with Crippen LogP contribution in [0.4, 0.5) is 15.0 Å². The number of rotatable bonds is 4. The first kappa shape index (κ1) is 27.0. The maximum Gasteiger partial charge on any atom is 0.410 e. The predicted molar refractivity (Wildman–Crippen MR) is 152 cm³/mol. The summed E-state index contributed by atoms with van der Waals surface area (Å²) in [6, 6.07) is 1.79. The summed E-state index contributed by atoms with van der Waals surface area (Å²) >= 11 is 9.65. The SMILES string of the molecule is C=C1CN2CCCC2(COc2nc(N3CC4CCC(C3)N4C(=O)OC(C)(C)C)c3cc(Cl)c(Br)c(F)c3n2)C1. The number of ether oxygens (including phenoxy) is 2. The van der Waals surface area contributed by atoms with Crippen molar-refractivity contribution in [3.05, 3.63) is 33.5 Å². The molecule has 0 radical (unpaired) electrons. The Bertz CT molecular complexity index is 1340. The van der Waals surface area contributed by atoms with Gasteiger partial charge in [-0.2, -0.15) is 9.97 Å². The molecule has 5 heterocycles. The Hall–Kier alpha value is -2.17. The van der Waals surface area contributed by atoms with Crippen molar-refractivity contribution in [3.63, 3.8) is 0 Å². The van der Waals surface area contributed by atoms with Gasteiger partial charge in [0, 0.05) is 25.0 Å². The standard InChI is InChI=1S/C28H34BrClFN5O3/c1-16-11-28(8-5-9-35(28)12-16)15-38-25-32-23-19(10-20(30)21(29)22(23)31)24(33-25)34-13-17-6-7-18(14-34)36(17)26(37)39-27(2,3)4/h10,17-18H,1,5-9,11-15H2,2-4H3. The molecule has 11 heteroatoms. The third kappa shape index (κ3) is 4.86. The number of piperazine rings is 1. The maximum atomic E-state index is 15.5. The molecule has 4 saturated heterocycles. The second kappa shape index (κ2) is 9.73. The Morgan fingerprint density at radius 2 is 2.00 bits per heavy atom. The van der Waals surface area contributed by atoms with E-state index in [1.165, 1.54) is 5.57 Å². The van der Waals surface area contributed by atoms with Crippen molar-refractivity contribution >= 4 is 50.3 Å². The second-order valence-corrected chi connectivity index (χ2v) is 13.6. The van der Waals surface area contributed by atoms with Gasteiger partial charge in [0.05, 0.1) is 27.1 Å². The largest absolute Gasteiger partial charge is 0.461 e. The van der Waals surface area contributed by atoms with Crippen LogP contribution in [0.15, 0.2) is 22.7 Å². The molecule has 3 unspecified atom stereocenters. The van der Waals surface area contributed by atoms with Crippen LogP contribution in [-0.2, 0) is 4.74 Å². The Balaban J connectivity index is 1.32. The monoisotopic (exact) mass is 621 g/mol. The molecule has 6 rings (SSSR count). The van der Waals surface area contributed by atoms with Gasteiger partial charge in [-0.1, -0.05) is 23.8 Å². The molecule has 210 valence electrons. The molecule has 39 heavy (non-hydrogen) atoms. The van der Waals surface area contributed by atoms with Crippen molar-refractivity contribution in [1.82, 2.24) is 19.8 Å². The number of anilines is 1. The summed E-state index contributed by atoms with van der Waals surface area (Å²) in [5, 5.41) is 0.770. The van der Waals surface area contributed by atoms with E-state index in [0.29, 0.717) is 30.9 Å². The first-order valence-corrected chi connectivity index (χ1v) is 14.8.